The number of pyridine rings is 2. The molecule has 126 valence electrons. The minimum Gasteiger partial charge on any atom is -0.481 e. The van der Waals surface area contributed by atoms with Gasteiger partial charge in [0.15, 0.2) is 0 Å². The topological polar surface area (TPSA) is 55.0 Å². The molecule has 2 aromatic rings. The van der Waals surface area contributed by atoms with Crippen LogP contribution >= 0.6 is 31.9 Å². The van der Waals surface area contributed by atoms with E-state index in [9.17, 15) is 22.4 Å². The molecule has 2 aromatic heterocycles. The molecule has 1 N–H and O–H groups in total. The highest BCUT2D eigenvalue weighted by Crippen LogP contribution is 2.28. The van der Waals surface area contributed by atoms with Crippen molar-refractivity contribution in [2.45, 2.75) is 12.9 Å². The second-order valence-corrected chi connectivity index (χ2v) is 5.79. The van der Waals surface area contributed by atoms with E-state index in [0.717, 1.165) is 6.07 Å². The highest BCUT2D eigenvalue weighted by molar-refractivity contribution is 9.10. The van der Waals surface area contributed by atoms with E-state index in [-0.39, 0.29) is 11.4 Å². The van der Waals surface area contributed by atoms with Crippen molar-refractivity contribution in [3.63, 3.8) is 0 Å². The smallest absolute Gasteiger partial charge is 0.269 e. The van der Waals surface area contributed by atoms with Crippen molar-refractivity contribution in [3.05, 3.63) is 55.0 Å². The minimum atomic E-state index is -2.73. The highest BCUT2D eigenvalue weighted by atomic mass is 79.9. The van der Waals surface area contributed by atoms with Crippen LogP contribution in [0.25, 0.3) is 0 Å². The van der Waals surface area contributed by atoms with E-state index in [1.807, 2.05) is 0 Å². The van der Waals surface area contributed by atoms with Gasteiger partial charge in [0.25, 0.3) is 18.4 Å². The van der Waals surface area contributed by atoms with Gasteiger partial charge in [-0.15, -0.1) is 0 Å². The molecule has 0 amide bonds. The van der Waals surface area contributed by atoms with Crippen LogP contribution in [0.3, 0.4) is 0 Å². The lowest BCUT2D eigenvalue weighted by Crippen LogP contribution is -2.11. The Morgan fingerprint density at radius 3 is 2.13 bits per heavy atom. The van der Waals surface area contributed by atoms with Crippen molar-refractivity contribution < 1.29 is 22.3 Å². The zero-order valence-corrected chi connectivity index (χ0v) is 14.7. The third kappa shape index (κ3) is 5.94. The molecule has 0 saturated carbocycles. The van der Waals surface area contributed by atoms with Gasteiger partial charge in [0, 0.05) is 21.3 Å². The Bertz CT molecular complexity index is 711. The first kappa shape index (κ1) is 19.6. The molecule has 0 aliphatic carbocycles. The molecule has 4 nitrogen and oxygen atoms in total. The highest BCUT2D eigenvalue weighted by Gasteiger charge is 2.15. The minimum absolute atomic E-state index is 0.0341. The Morgan fingerprint density at radius 1 is 1.09 bits per heavy atom. The van der Waals surface area contributed by atoms with Crippen molar-refractivity contribution in [3.8, 4) is 5.88 Å². The number of halogens is 6. The lowest BCUT2D eigenvalue weighted by Gasteiger charge is -2.05. The van der Waals surface area contributed by atoms with Gasteiger partial charge in [-0.1, -0.05) is 0 Å². The summed E-state index contributed by atoms with van der Waals surface area (Å²) in [6.45, 7) is 0. The fourth-order valence-electron chi connectivity index (χ4n) is 1.40. The van der Waals surface area contributed by atoms with E-state index >= 15 is 0 Å². The third-order valence-electron chi connectivity index (χ3n) is 2.41. The first-order valence-corrected chi connectivity index (χ1v) is 7.48. The summed E-state index contributed by atoms with van der Waals surface area (Å²) >= 11 is 6.00. The standard InChI is InChI=1S/C7H6BrF2NO.C6H4BrF2NO/c1-12-7-5(6(9)10)2-4(8)3-11-7;7-3-1-4(5(8)9)6(11)10-2-3/h2-3,6H,1H3;1-2,5H,(H,10,11). The quantitative estimate of drug-likeness (QED) is 0.664. The molecule has 23 heavy (non-hydrogen) atoms. The molecule has 0 aliphatic heterocycles. The summed E-state index contributed by atoms with van der Waals surface area (Å²) in [7, 11) is 1.31. The molecule has 0 aromatic carbocycles. The van der Waals surface area contributed by atoms with E-state index in [2.05, 4.69) is 46.6 Å². The lowest BCUT2D eigenvalue weighted by atomic mass is 10.3. The van der Waals surface area contributed by atoms with Crippen LogP contribution in [-0.4, -0.2) is 17.1 Å². The predicted octanol–water partition coefficient (Wildman–Crippen LogP) is 4.87. The van der Waals surface area contributed by atoms with Gasteiger partial charge in [-0.25, -0.2) is 22.5 Å². The Kier molecular flexibility index (Phi) is 7.69. The van der Waals surface area contributed by atoms with Gasteiger partial charge in [0.2, 0.25) is 5.88 Å². The maximum Gasteiger partial charge on any atom is 0.269 e. The monoisotopic (exact) mass is 460 g/mol. The summed E-state index contributed by atoms with van der Waals surface area (Å²) in [6, 6.07) is 2.39. The normalized spacial score (nSPS) is 10.5. The number of hydrogen-bond acceptors (Lipinski definition) is 3. The fourth-order valence-corrected chi connectivity index (χ4v) is 2.12. The first-order chi connectivity index (χ1) is 10.8. The van der Waals surface area contributed by atoms with Crippen molar-refractivity contribution in [1.82, 2.24) is 9.97 Å². The first-order valence-electron chi connectivity index (χ1n) is 5.90. The maximum absolute atomic E-state index is 12.3. The van der Waals surface area contributed by atoms with Crippen LogP contribution in [0.5, 0.6) is 5.88 Å². The number of nitrogens with one attached hydrogen (secondary N) is 1. The summed E-state index contributed by atoms with van der Waals surface area (Å²) in [5.41, 5.74) is -1.46. The van der Waals surface area contributed by atoms with E-state index in [1.54, 1.807) is 0 Å². The van der Waals surface area contributed by atoms with Gasteiger partial charge in [-0.05, 0) is 44.0 Å². The second kappa shape index (κ2) is 9.02. The Hall–Kier alpha value is -1.42. The van der Waals surface area contributed by atoms with Gasteiger partial charge in [-0.3, -0.25) is 4.79 Å². The van der Waals surface area contributed by atoms with Crippen LogP contribution in [0.15, 0.2) is 38.3 Å². The predicted molar refractivity (Wildman–Crippen MR) is 83.2 cm³/mol. The van der Waals surface area contributed by atoms with Crippen LogP contribution in [0, 0.1) is 0 Å². The van der Waals surface area contributed by atoms with Gasteiger partial charge in [0.1, 0.15) is 0 Å². The molecule has 0 atom stereocenters. The SMILES string of the molecule is COc1ncc(Br)cc1C(F)F.O=c1[nH]cc(Br)cc1C(F)F. The molecule has 0 fully saturated rings. The molecule has 2 rings (SSSR count). The van der Waals surface area contributed by atoms with E-state index in [4.69, 9.17) is 0 Å². The fraction of sp³-hybridized carbons (Fsp3) is 0.231. The molecule has 2 heterocycles. The van der Waals surface area contributed by atoms with E-state index < -0.39 is 24.0 Å². The van der Waals surface area contributed by atoms with Crippen LogP contribution < -0.4 is 10.3 Å². The summed E-state index contributed by atoms with van der Waals surface area (Å²) in [5, 5.41) is 0. The zero-order valence-electron chi connectivity index (χ0n) is 11.5. The molecule has 0 unspecified atom stereocenters. The molecule has 0 aliphatic rings. The van der Waals surface area contributed by atoms with Crippen molar-refractivity contribution >= 4 is 31.9 Å². The number of methoxy groups -OCH3 is 1. The maximum atomic E-state index is 12.3. The third-order valence-corrected chi connectivity index (χ3v) is 3.30. The Morgan fingerprint density at radius 2 is 1.65 bits per heavy atom. The lowest BCUT2D eigenvalue weighted by molar-refractivity contribution is 0.146. The number of H-pyrrole nitrogens is 1. The molecular formula is C13H10Br2F4N2O2. The number of alkyl halides is 4. The number of hydrogen-bond donors (Lipinski definition) is 1. The number of nitrogens with zero attached hydrogens (tertiary/aromatic N) is 1. The summed E-state index contributed by atoms with van der Waals surface area (Å²) in [4.78, 5) is 16.5. The van der Waals surface area contributed by atoms with Gasteiger partial charge >= 0.3 is 0 Å². The summed E-state index contributed by atoms with van der Waals surface area (Å²) in [6.07, 6.45) is -2.57. The number of aromatic nitrogens is 2. The molecule has 0 bridgehead atoms. The molecule has 0 spiro atoms. The number of aromatic amines is 1. The Labute approximate surface area is 145 Å². The number of ether oxygens (including phenoxy) is 1. The average Bonchev–Trinajstić information content (AvgIpc) is 2.50. The zero-order chi connectivity index (χ0) is 17.6. The molecule has 0 radical (unpaired) electrons. The molecular weight excluding hydrogens is 452 g/mol. The van der Waals surface area contributed by atoms with Crippen LogP contribution in [0.1, 0.15) is 24.0 Å². The average molecular weight is 462 g/mol. The van der Waals surface area contributed by atoms with Crippen molar-refractivity contribution in [2.24, 2.45) is 0 Å². The van der Waals surface area contributed by atoms with Crippen molar-refractivity contribution in [1.29, 1.82) is 0 Å². The summed E-state index contributed by atoms with van der Waals surface area (Å²) < 4.78 is 54.0. The van der Waals surface area contributed by atoms with E-state index in [0.29, 0.717) is 8.95 Å². The number of rotatable bonds is 3. The van der Waals surface area contributed by atoms with Crippen LogP contribution in [-0.2, 0) is 0 Å². The Balaban J connectivity index is 0.000000231. The van der Waals surface area contributed by atoms with Gasteiger partial charge < -0.3 is 9.72 Å². The van der Waals surface area contributed by atoms with E-state index in [1.165, 1.54) is 25.6 Å². The van der Waals surface area contributed by atoms with Crippen LogP contribution in [0.4, 0.5) is 17.6 Å². The van der Waals surface area contributed by atoms with Crippen LogP contribution in [0.2, 0.25) is 0 Å². The molecule has 0 saturated heterocycles. The largest absolute Gasteiger partial charge is 0.481 e. The summed E-state index contributed by atoms with van der Waals surface area (Å²) in [5.74, 6) is -0.0341. The van der Waals surface area contributed by atoms with Gasteiger partial charge in [0.05, 0.1) is 18.2 Å². The van der Waals surface area contributed by atoms with Crippen molar-refractivity contribution in [2.75, 3.05) is 7.11 Å². The second-order valence-electron chi connectivity index (χ2n) is 3.96. The molecule has 10 heteroatoms. The van der Waals surface area contributed by atoms with Gasteiger partial charge in [-0.2, -0.15) is 0 Å².